The van der Waals surface area contributed by atoms with Gasteiger partial charge in [0.05, 0.1) is 62.7 Å². The number of ether oxygens (including phenoxy) is 8. The lowest BCUT2D eigenvalue weighted by molar-refractivity contribution is -0.138. The van der Waals surface area contributed by atoms with E-state index < -0.39 is 29.8 Å². The molecule has 0 unspecified atom stereocenters. The number of hydrazone groups is 1. The second-order valence-electron chi connectivity index (χ2n) is 17.6. The number of rotatable bonds is 34. The van der Waals surface area contributed by atoms with E-state index in [1.165, 1.54) is 6.21 Å². The van der Waals surface area contributed by atoms with Crippen LogP contribution in [0.25, 0.3) is 21.5 Å². The maximum Gasteiger partial charge on any atom is 0.343 e. The first-order valence-electron chi connectivity index (χ1n) is 25.9. The lowest BCUT2D eigenvalue weighted by atomic mass is 10.0. The third kappa shape index (κ3) is 19.2. The van der Waals surface area contributed by atoms with Gasteiger partial charge in [-0.2, -0.15) is 5.10 Å². The molecule has 0 bridgehead atoms. The van der Waals surface area contributed by atoms with Crippen LogP contribution in [0.4, 0.5) is 5.69 Å². The Kier molecular flexibility index (Phi) is 23.8. The van der Waals surface area contributed by atoms with Crippen LogP contribution in [-0.4, -0.2) is 75.7 Å². The predicted octanol–water partition coefficient (Wildman–Crippen LogP) is 12.9. The van der Waals surface area contributed by atoms with Gasteiger partial charge in [-0.25, -0.2) is 24.0 Å². The molecule has 6 aromatic rings. The average Bonchev–Trinajstić information content (AvgIpc) is 3.47. The van der Waals surface area contributed by atoms with Gasteiger partial charge in [0.2, 0.25) is 0 Å². The number of nitrogens with one attached hydrogen (secondary N) is 1. The Morgan fingerprint density at radius 2 is 0.896 bits per heavy atom. The highest BCUT2D eigenvalue weighted by Crippen LogP contribution is 2.40. The second kappa shape index (κ2) is 31.9. The van der Waals surface area contributed by atoms with Crippen LogP contribution >= 0.6 is 0 Å². The Hall–Kier alpha value is -8.72. The lowest BCUT2D eigenvalue weighted by Gasteiger charge is -2.16. The first kappa shape index (κ1) is 57.6. The molecule has 6 aromatic carbocycles. The molecule has 0 aliphatic rings. The first-order valence-corrected chi connectivity index (χ1v) is 25.9. The fourth-order valence-corrected chi connectivity index (χ4v) is 7.87. The summed E-state index contributed by atoms with van der Waals surface area (Å²) in [5, 5.41) is 7.44. The van der Waals surface area contributed by atoms with Crippen LogP contribution < -0.4 is 29.1 Å². The zero-order chi connectivity index (χ0) is 54.5. The van der Waals surface area contributed by atoms with Gasteiger partial charge >= 0.3 is 29.8 Å². The number of fused-ring (bicyclic) bond motifs is 2. The highest BCUT2D eigenvalue weighted by atomic mass is 16.6. The molecule has 0 aromatic heterocycles. The molecule has 0 radical (unpaired) electrons. The van der Waals surface area contributed by atoms with Crippen molar-refractivity contribution in [3.05, 3.63) is 170 Å². The normalized spacial score (nSPS) is 10.9. The van der Waals surface area contributed by atoms with Crippen LogP contribution in [0.1, 0.15) is 103 Å². The van der Waals surface area contributed by atoms with Crippen LogP contribution in [0.5, 0.6) is 28.7 Å². The predicted molar refractivity (Wildman–Crippen MR) is 297 cm³/mol. The van der Waals surface area contributed by atoms with Crippen LogP contribution in [0.2, 0.25) is 0 Å². The van der Waals surface area contributed by atoms with Crippen LogP contribution in [0.15, 0.2) is 158 Å². The van der Waals surface area contributed by atoms with Crippen molar-refractivity contribution in [1.82, 2.24) is 0 Å². The molecule has 0 fully saturated rings. The Bertz CT molecular complexity index is 2960. The second-order valence-corrected chi connectivity index (χ2v) is 17.6. The van der Waals surface area contributed by atoms with E-state index in [1.54, 1.807) is 72.8 Å². The Morgan fingerprint density at radius 3 is 1.42 bits per heavy atom. The summed E-state index contributed by atoms with van der Waals surface area (Å²) in [5.74, 6) is -0.608. The molecule has 0 amide bonds. The molecule has 0 atom stereocenters. The molecule has 402 valence electrons. The van der Waals surface area contributed by atoms with Gasteiger partial charge < -0.3 is 37.9 Å². The van der Waals surface area contributed by atoms with E-state index in [1.807, 2.05) is 42.5 Å². The average molecular weight is 1050 g/mol. The Morgan fingerprint density at radius 1 is 0.442 bits per heavy atom. The van der Waals surface area contributed by atoms with Crippen molar-refractivity contribution >= 4 is 63.3 Å². The zero-order valence-electron chi connectivity index (χ0n) is 43.4. The maximum absolute atomic E-state index is 14.1. The number of hydrogen-bond donors (Lipinski definition) is 1. The molecule has 0 spiro atoms. The van der Waals surface area contributed by atoms with Crippen molar-refractivity contribution in [1.29, 1.82) is 0 Å². The molecule has 6 rings (SSSR count). The van der Waals surface area contributed by atoms with Crippen molar-refractivity contribution in [2.24, 2.45) is 5.10 Å². The number of benzene rings is 6. The number of carbonyl (C=O) groups excluding carboxylic acids is 5. The van der Waals surface area contributed by atoms with Gasteiger partial charge in [-0.1, -0.05) is 56.1 Å². The smallest absolute Gasteiger partial charge is 0.343 e. The standard InChI is InChI=1S/C62H66N2O13/c1-4-57(65)73-39-18-10-7-15-36-70-49-30-26-46(27-31-49)61(68)76-56-42-48(44-63-64-55-25-21-23-45-22-13-14-24-52(45)55)60(53-35-34-51(43-54(53)56)72-38-17-9-12-20-41-75-59(67)6-3)77-62(69)47-28-32-50(33-29-47)71-37-16-8-11-19-40-74-58(66)5-2/h4-6,13-14,21-35,42-44,64H,1-3,7-12,15-20,36-41H2/b63-44+. The number of nitrogens with zero attached hydrogens (tertiary/aromatic N) is 1. The van der Waals surface area contributed by atoms with E-state index in [4.69, 9.17) is 37.9 Å². The summed E-state index contributed by atoms with van der Waals surface area (Å²) in [6.45, 7) is 12.6. The maximum atomic E-state index is 14.1. The molecule has 77 heavy (non-hydrogen) atoms. The molecule has 15 nitrogen and oxygen atoms in total. The molecule has 0 saturated heterocycles. The van der Waals surface area contributed by atoms with Gasteiger partial charge in [-0.05, 0) is 161 Å². The highest BCUT2D eigenvalue weighted by Gasteiger charge is 2.21. The molecule has 0 aliphatic heterocycles. The molecule has 0 heterocycles. The molecular formula is C62H66N2O13. The van der Waals surface area contributed by atoms with Crippen molar-refractivity contribution < 1.29 is 61.9 Å². The minimum absolute atomic E-state index is 0.160. The molecule has 1 N–H and O–H groups in total. The van der Waals surface area contributed by atoms with Gasteiger partial charge in [0, 0.05) is 40.0 Å². The molecular weight excluding hydrogens is 981 g/mol. The van der Waals surface area contributed by atoms with Gasteiger partial charge in [0.15, 0.2) is 0 Å². The molecule has 15 heteroatoms. The summed E-state index contributed by atoms with van der Waals surface area (Å²) >= 11 is 0. The van der Waals surface area contributed by atoms with Gasteiger partial charge in [-0.3, -0.25) is 5.43 Å². The Balaban J connectivity index is 1.22. The van der Waals surface area contributed by atoms with Crippen LogP contribution in [0.3, 0.4) is 0 Å². The fraction of sp³-hybridized carbons (Fsp3) is 0.290. The van der Waals surface area contributed by atoms with Crippen molar-refractivity contribution in [2.75, 3.05) is 45.1 Å². The number of hydrogen-bond acceptors (Lipinski definition) is 15. The number of carbonyl (C=O) groups is 5. The number of unbranched alkanes of at least 4 members (excludes halogenated alkanes) is 9. The summed E-state index contributed by atoms with van der Waals surface area (Å²) < 4.78 is 45.7. The van der Waals surface area contributed by atoms with Gasteiger partial charge in [-0.15, -0.1) is 0 Å². The van der Waals surface area contributed by atoms with E-state index in [0.29, 0.717) is 79.6 Å². The zero-order valence-corrected chi connectivity index (χ0v) is 43.4. The topological polar surface area (TPSA) is 184 Å². The summed E-state index contributed by atoms with van der Waals surface area (Å²) in [6.07, 6.45) is 14.7. The van der Waals surface area contributed by atoms with Crippen molar-refractivity contribution in [3.63, 3.8) is 0 Å². The van der Waals surface area contributed by atoms with Gasteiger partial charge in [0.25, 0.3) is 0 Å². The van der Waals surface area contributed by atoms with Crippen molar-refractivity contribution in [2.45, 2.75) is 77.0 Å². The van der Waals surface area contributed by atoms with Crippen LogP contribution in [0, 0.1) is 0 Å². The molecule has 0 aliphatic carbocycles. The summed E-state index contributed by atoms with van der Waals surface area (Å²) in [4.78, 5) is 62.0. The highest BCUT2D eigenvalue weighted by molar-refractivity contribution is 6.06. The number of esters is 5. The number of anilines is 1. The summed E-state index contributed by atoms with van der Waals surface area (Å²) in [7, 11) is 0. The van der Waals surface area contributed by atoms with E-state index in [9.17, 15) is 24.0 Å². The minimum Gasteiger partial charge on any atom is -0.494 e. The molecule has 0 saturated carbocycles. The SMILES string of the molecule is C=CC(=O)OCCCCCCOc1ccc(C(=O)Oc2cc(/C=N/Nc3cccc4ccccc34)c(OC(=O)c3ccc(OCCCCCCOC(=O)C=C)cc3)c3ccc(OCCCCCCOC(=O)C=C)cc23)cc1. The Labute approximate surface area is 449 Å². The largest absolute Gasteiger partial charge is 0.494 e. The van der Waals surface area contributed by atoms with Crippen LogP contribution in [-0.2, 0) is 28.6 Å². The van der Waals surface area contributed by atoms with Crippen molar-refractivity contribution in [3.8, 4) is 28.7 Å². The monoisotopic (exact) mass is 1050 g/mol. The fourth-order valence-electron chi connectivity index (χ4n) is 7.87. The van der Waals surface area contributed by atoms with E-state index in [2.05, 4.69) is 30.3 Å². The van der Waals surface area contributed by atoms with E-state index in [0.717, 1.165) is 105 Å². The quantitative estimate of drug-likeness (QED) is 0.00766. The van der Waals surface area contributed by atoms with E-state index in [-0.39, 0.29) is 22.6 Å². The lowest BCUT2D eigenvalue weighted by Crippen LogP contribution is -2.12. The third-order valence-corrected chi connectivity index (χ3v) is 12.0. The minimum atomic E-state index is -0.648. The third-order valence-electron chi connectivity index (χ3n) is 12.0. The summed E-state index contributed by atoms with van der Waals surface area (Å²) in [5.41, 5.74) is 4.75. The summed E-state index contributed by atoms with van der Waals surface area (Å²) in [6, 6.07) is 33.9. The van der Waals surface area contributed by atoms with E-state index >= 15 is 0 Å². The first-order chi connectivity index (χ1) is 37.6. The van der Waals surface area contributed by atoms with Gasteiger partial charge in [0.1, 0.15) is 28.7 Å².